The van der Waals surface area contributed by atoms with Crippen LogP contribution in [0.1, 0.15) is 5.69 Å². The summed E-state index contributed by atoms with van der Waals surface area (Å²) in [6, 6.07) is 10.6. The van der Waals surface area contributed by atoms with Crippen molar-refractivity contribution in [3.8, 4) is 11.6 Å². The van der Waals surface area contributed by atoms with Gasteiger partial charge in [-0.05, 0) is 25.1 Å². The van der Waals surface area contributed by atoms with Crippen LogP contribution in [0.25, 0.3) is 5.82 Å². The molecule has 3 aromatic rings. The normalized spacial score (nSPS) is 10.3. The Morgan fingerprint density at radius 3 is 2.81 bits per heavy atom. The number of aryl methyl sites for hydroxylation is 1. The Bertz CT molecular complexity index is 910. The monoisotopic (exact) mass is 367 g/mol. The Morgan fingerprint density at radius 2 is 2.04 bits per heavy atom. The molecular formula is C18H21N7O2. The molecule has 3 N–H and O–H groups in total. The van der Waals surface area contributed by atoms with E-state index >= 15 is 0 Å². The number of urea groups is 1. The highest BCUT2D eigenvalue weighted by atomic mass is 16.5. The lowest BCUT2D eigenvalue weighted by molar-refractivity contribution is 0.252. The van der Waals surface area contributed by atoms with E-state index in [1.165, 1.54) is 6.33 Å². The van der Waals surface area contributed by atoms with E-state index in [1.807, 2.05) is 31.3 Å². The number of ether oxygens (including phenoxy) is 1. The fourth-order valence-corrected chi connectivity index (χ4v) is 2.39. The number of nitrogens with one attached hydrogen (secondary N) is 3. The smallest absolute Gasteiger partial charge is 0.319 e. The van der Waals surface area contributed by atoms with Gasteiger partial charge in [0, 0.05) is 25.4 Å². The Kier molecular flexibility index (Phi) is 5.83. The Morgan fingerprint density at radius 1 is 1.19 bits per heavy atom. The molecule has 2 heterocycles. The van der Waals surface area contributed by atoms with Crippen LogP contribution < -0.4 is 20.7 Å². The van der Waals surface area contributed by atoms with Gasteiger partial charge in [0.25, 0.3) is 0 Å². The third kappa shape index (κ3) is 4.94. The molecule has 27 heavy (non-hydrogen) atoms. The summed E-state index contributed by atoms with van der Waals surface area (Å²) in [5.74, 6) is 1.93. The van der Waals surface area contributed by atoms with Gasteiger partial charge in [-0.1, -0.05) is 12.1 Å². The van der Waals surface area contributed by atoms with Crippen LogP contribution in [-0.2, 0) is 0 Å². The summed E-state index contributed by atoms with van der Waals surface area (Å²) >= 11 is 0. The number of benzene rings is 1. The van der Waals surface area contributed by atoms with Gasteiger partial charge in [0.15, 0.2) is 5.82 Å². The van der Waals surface area contributed by atoms with Crippen molar-refractivity contribution in [2.75, 3.05) is 30.8 Å². The summed E-state index contributed by atoms with van der Waals surface area (Å²) in [5.41, 5.74) is 1.52. The molecule has 0 saturated heterocycles. The first kappa shape index (κ1) is 18.2. The summed E-state index contributed by atoms with van der Waals surface area (Å²) in [5, 5.41) is 13.0. The zero-order chi connectivity index (χ0) is 19.1. The SMILES string of the molecule is COc1ccccc1NC(=O)NCCNc1cc(-n2ccc(C)n2)ncn1. The number of amides is 2. The number of rotatable bonds is 7. The zero-order valence-electron chi connectivity index (χ0n) is 15.1. The Labute approximate surface area is 156 Å². The maximum Gasteiger partial charge on any atom is 0.319 e. The van der Waals surface area contributed by atoms with Crippen LogP contribution in [-0.4, -0.2) is 46.0 Å². The van der Waals surface area contributed by atoms with Gasteiger partial charge in [-0.25, -0.2) is 19.4 Å². The highest BCUT2D eigenvalue weighted by molar-refractivity contribution is 5.90. The van der Waals surface area contributed by atoms with Crippen molar-refractivity contribution in [3.05, 3.63) is 54.6 Å². The van der Waals surface area contributed by atoms with Crippen LogP contribution in [0.5, 0.6) is 5.75 Å². The molecule has 0 aliphatic rings. The molecule has 140 valence electrons. The minimum atomic E-state index is -0.309. The highest BCUT2D eigenvalue weighted by Gasteiger charge is 2.06. The number of carbonyl (C=O) groups is 1. The molecule has 9 nitrogen and oxygen atoms in total. The van der Waals surface area contributed by atoms with Crippen LogP contribution in [0.2, 0.25) is 0 Å². The summed E-state index contributed by atoms with van der Waals surface area (Å²) in [6.45, 7) is 2.84. The largest absolute Gasteiger partial charge is 0.495 e. The van der Waals surface area contributed by atoms with E-state index in [9.17, 15) is 4.79 Å². The third-order valence-electron chi connectivity index (χ3n) is 3.68. The van der Waals surface area contributed by atoms with E-state index in [0.717, 1.165) is 5.69 Å². The molecule has 0 aliphatic carbocycles. The first-order chi connectivity index (χ1) is 13.2. The average molecular weight is 367 g/mol. The number of nitrogens with zero attached hydrogens (tertiary/aromatic N) is 4. The van der Waals surface area contributed by atoms with Gasteiger partial charge in [0.2, 0.25) is 0 Å². The van der Waals surface area contributed by atoms with Crippen molar-refractivity contribution >= 4 is 17.5 Å². The van der Waals surface area contributed by atoms with Gasteiger partial charge in [0.05, 0.1) is 18.5 Å². The zero-order valence-corrected chi connectivity index (χ0v) is 15.1. The standard InChI is InChI=1S/C18H21N7O2/c1-13-7-10-25(24-13)17-11-16(21-12-22-17)19-8-9-20-18(26)23-14-5-3-4-6-15(14)27-2/h3-7,10-12H,8-9H2,1-2H3,(H,19,21,22)(H2,20,23,26). The van der Waals surface area contributed by atoms with Gasteiger partial charge in [-0.3, -0.25) is 0 Å². The molecule has 1 aromatic carbocycles. The highest BCUT2D eigenvalue weighted by Crippen LogP contribution is 2.22. The van der Waals surface area contributed by atoms with E-state index in [-0.39, 0.29) is 6.03 Å². The topological polar surface area (TPSA) is 106 Å². The van der Waals surface area contributed by atoms with Gasteiger partial charge in [-0.2, -0.15) is 5.10 Å². The predicted octanol–water partition coefficient (Wildman–Crippen LogP) is 2.21. The summed E-state index contributed by atoms with van der Waals surface area (Å²) in [6.07, 6.45) is 3.31. The van der Waals surface area contributed by atoms with Gasteiger partial charge in [0.1, 0.15) is 17.9 Å². The fraction of sp³-hybridized carbons (Fsp3) is 0.222. The fourth-order valence-electron chi connectivity index (χ4n) is 2.39. The second-order valence-electron chi connectivity index (χ2n) is 5.67. The molecule has 0 unspecified atom stereocenters. The molecule has 0 saturated carbocycles. The molecule has 2 aromatic heterocycles. The lowest BCUT2D eigenvalue weighted by Crippen LogP contribution is -2.32. The molecule has 0 aliphatic heterocycles. The van der Waals surface area contributed by atoms with Gasteiger partial charge >= 0.3 is 6.03 Å². The van der Waals surface area contributed by atoms with Gasteiger partial charge < -0.3 is 20.7 Å². The van der Waals surface area contributed by atoms with E-state index in [1.54, 1.807) is 30.0 Å². The van der Waals surface area contributed by atoms with Crippen LogP contribution in [0, 0.1) is 6.92 Å². The third-order valence-corrected chi connectivity index (χ3v) is 3.68. The van der Waals surface area contributed by atoms with Crippen molar-refractivity contribution in [3.63, 3.8) is 0 Å². The number of hydrogen-bond acceptors (Lipinski definition) is 6. The number of para-hydroxylation sites is 2. The van der Waals surface area contributed by atoms with Gasteiger partial charge in [-0.15, -0.1) is 0 Å². The van der Waals surface area contributed by atoms with Crippen molar-refractivity contribution in [1.82, 2.24) is 25.1 Å². The summed E-state index contributed by atoms with van der Waals surface area (Å²) in [7, 11) is 1.56. The van der Waals surface area contributed by atoms with Crippen molar-refractivity contribution in [2.24, 2.45) is 0 Å². The maximum atomic E-state index is 12.0. The van der Waals surface area contributed by atoms with Crippen molar-refractivity contribution in [2.45, 2.75) is 6.92 Å². The molecule has 0 fully saturated rings. The molecule has 0 atom stereocenters. The van der Waals surface area contributed by atoms with E-state index in [2.05, 4.69) is 31.0 Å². The van der Waals surface area contributed by atoms with Crippen LogP contribution in [0.3, 0.4) is 0 Å². The lowest BCUT2D eigenvalue weighted by Gasteiger charge is -2.11. The predicted molar refractivity (Wildman–Crippen MR) is 102 cm³/mol. The molecular weight excluding hydrogens is 346 g/mol. The Balaban J connectivity index is 1.47. The lowest BCUT2D eigenvalue weighted by atomic mass is 10.3. The number of aromatic nitrogens is 4. The Hall–Kier alpha value is -3.62. The summed E-state index contributed by atoms with van der Waals surface area (Å²) < 4.78 is 6.88. The second kappa shape index (κ2) is 8.65. The minimum absolute atomic E-state index is 0.309. The number of anilines is 2. The first-order valence-electron chi connectivity index (χ1n) is 8.42. The number of hydrogen-bond donors (Lipinski definition) is 3. The van der Waals surface area contributed by atoms with Crippen LogP contribution in [0.4, 0.5) is 16.3 Å². The molecule has 0 spiro atoms. The van der Waals surface area contributed by atoms with E-state index in [0.29, 0.717) is 36.2 Å². The quantitative estimate of drug-likeness (QED) is 0.553. The summed E-state index contributed by atoms with van der Waals surface area (Å²) in [4.78, 5) is 20.4. The van der Waals surface area contributed by atoms with Crippen molar-refractivity contribution < 1.29 is 9.53 Å². The number of methoxy groups -OCH3 is 1. The number of carbonyl (C=O) groups excluding carboxylic acids is 1. The molecule has 2 amide bonds. The maximum absolute atomic E-state index is 12.0. The molecule has 9 heteroatoms. The van der Waals surface area contributed by atoms with Crippen LogP contribution in [0.15, 0.2) is 48.9 Å². The van der Waals surface area contributed by atoms with Crippen molar-refractivity contribution in [1.29, 1.82) is 0 Å². The molecule has 3 rings (SSSR count). The second-order valence-corrected chi connectivity index (χ2v) is 5.67. The first-order valence-corrected chi connectivity index (χ1v) is 8.42. The van der Waals surface area contributed by atoms with Crippen LogP contribution >= 0.6 is 0 Å². The van der Waals surface area contributed by atoms with E-state index < -0.39 is 0 Å². The molecule has 0 radical (unpaired) electrons. The van der Waals surface area contributed by atoms with E-state index in [4.69, 9.17) is 4.74 Å². The molecule has 0 bridgehead atoms. The average Bonchev–Trinajstić information content (AvgIpc) is 3.12. The minimum Gasteiger partial charge on any atom is -0.495 e.